The predicted octanol–water partition coefficient (Wildman–Crippen LogP) is 2.82. The van der Waals surface area contributed by atoms with Crippen LogP contribution in [-0.4, -0.2) is 37.7 Å². The number of urea groups is 1. The Morgan fingerprint density at radius 3 is 2.35 bits per heavy atom. The molecule has 0 spiro atoms. The van der Waals surface area contributed by atoms with Crippen LogP contribution < -0.4 is 5.32 Å². The van der Waals surface area contributed by atoms with E-state index < -0.39 is 0 Å². The summed E-state index contributed by atoms with van der Waals surface area (Å²) in [5.41, 5.74) is 2.45. The van der Waals surface area contributed by atoms with Crippen molar-refractivity contribution in [2.24, 2.45) is 0 Å². The van der Waals surface area contributed by atoms with Crippen molar-refractivity contribution in [3.8, 4) is 0 Å². The van der Waals surface area contributed by atoms with Gasteiger partial charge >= 0.3 is 6.03 Å². The molecule has 1 aromatic carbocycles. The highest BCUT2D eigenvalue weighted by Crippen LogP contribution is 2.07. The Bertz CT molecular complexity index is 399. The largest absolute Gasteiger partial charge is 0.380 e. The molecule has 0 fully saturated rings. The summed E-state index contributed by atoms with van der Waals surface area (Å²) in [6, 6.07) is 8.30. The van der Waals surface area contributed by atoms with Crippen LogP contribution in [0.3, 0.4) is 0 Å². The lowest BCUT2D eigenvalue weighted by Gasteiger charge is -2.20. The van der Waals surface area contributed by atoms with Gasteiger partial charge in [0.25, 0.3) is 0 Å². The zero-order chi connectivity index (χ0) is 15.0. The lowest BCUT2D eigenvalue weighted by molar-refractivity contribution is 0.0983. The van der Waals surface area contributed by atoms with E-state index in [1.165, 1.54) is 5.56 Å². The van der Waals surface area contributed by atoms with Crippen LogP contribution in [0.2, 0.25) is 0 Å². The van der Waals surface area contributed by atoms with Gasteiger partial charge < -0.3 is 15.0 Å². The molecule has 2 amide bonds. The molecule has 0 saturated carbocycles. The number of hydrogen-bond donors (Lipinski definition) is 1. The lowest BCUT2D eigenvalue weighted by Crippen LogP contribution is -2.40. The van der Waals surface area contributed by atoms with E-state index in [2.05, 4.69) is 36.5 Å². The van der Waals surface area contributed by atoms with Gasteiger partial charge in [-0.1, -0.05) is 38.1 Å². The van der Waals surface area contributed by atoms with E-state index in [1.807, 2.05) is 6.92 Å². The maximum atomic E-state index is 12.0. The molecule has 4 heteroatoms. The summed E-state index contributed by atoms with van der Waals surface area (Å²) in [5.74, 6) is 0. The van der Waals surface area contributed by atoms with Crippen molar-refractivity contribution in [3.05, 3.63) is 35.4 Å². The molecule has 0 bridgehead atoms. The van der Waals surface area contributed by atoms with Crippen LogP contribution in [-0.2, 0) is 17.7 Å². The highest BCUT2D eigenvalue weighted by atomic mass is 16.5. The van der Waals surface area contributed by atoms with Gasteiger partial charge in [0.1, 0.15) is 0 Å². The van der Waals surface area contributed by atoms with E-state index >= 15 is 0 Å². The topological polar surface area (TPSA) is 41.6 Å². The standard InChI is InChI=1S/C16H26N2O2/c1-5-13-7-9-14(10-8-13)12-18(3)16(19)17-11-15(6-2)20-4/h7-10,15H,5-6,11-12H2,1-4H3,(H,17,19)/t15-/m1/s1. The zero-order valence-corrected chi connectivity index (χ0v) is 13.0. The molecule has 1 atom stereocenters. The van der Waals surface area contributed by atoms with Gasteiger partial charge in [-0.2, -0.15) is 0 Å². The highest BCUT2D eigenvalue weighted by Gasteiger charge is 2.11. The smallest absolute Gasteiger partial charge is 0.317 e. The molecular formula is C16H26N2O2. The first-order valence-electron chi connectivity index (χ1n) is 7.20. The molecule has 0 aliphatic heterocycles. The Labute approximate surface area is 122 Å². The van der Waals surface area contributed by atoms with Crippen molar-refractivity contribution in [1.29, 1.82) is 0 Å². The van der Waals surface area contributed by atoms with Gasteiger partial charge in [-0.15, -0.1) is 0 Å². The number of nitrogens with zero attached hydrogens (tertiary/aromatic N) is 1. The molecule has 1 rings (SSSR count). The van der Waals surface area contributed by atoms with Crippen molar-refractivity contribution in [2.45, 2.75) is 39.3 Å². The molecule has 0 saturated heterocycles. The first-order valence-corrected chi connectivity index (χ1v) is 7.20. The number of benzene rings is 1. The Hall–Kier alpha value is -1.55. The minimum Gasteiger partial charge on any atom is -0.380 e. The van der Waals surface area contributed by atoms with Crippen LogP contribution in [0.5, 0.6) is 0 Å². The number of aryl methyl sites for hydroxylation is 1. The van der Waals surface area contributed by atoms with Crippen LogP contribution in [0.1, 0.15) is 31.4 Å². The van der Waals surface area contributed by atoms with Crippen LogP contribution in [0.15, 0.2) is 24.3 Å². The molecule has 0 radical (unpaired) electrons. The van der Waals surface area contributed by atoms with Gasteiger partial charge in [0, 0.05) is 27.2 Å². The van der Waals surface area contributed by atoms with Crippen molar-refractivity contribution >= 4 is 6.03 Å². The zero-order valence-electron chi connectivity index (χ0n) is 13.0. The second kappa shape index (κ2) is 8.59. The SMILES string of the molecule is CCc1ccc(CN(C)C(=O)NC[C@@H](CC)OC)cc1. The third kappa shape index (κ3) is 5.21. The summed E-state index contributed by atoms with van der Waals surface area (Å²) in [5, 5.41) is 2.89. The van der Waals surface area contributed by atoms with Gasteiger partial charge in [0.05, 0.1) is 6.10 Å². The van der Waals surface area contributed by atoms with E-state index in [9.17, 15) is 4.79 Å². The van der Waals surface area contributed by atoms with E-state index in [0.717, 1.165) is 18.4 Å². The van der Waals surface area contributed by atoms with Gasteiger partial charge in [0.2, 0.25) is 0 Å². The van der Waals surface area contributed by atoms with Gasteiger partial charge in [0.15, 0.2) is 0 Å². The van der Waals surface area contributed by atoms with Crippen LogP contribution in [0, 0.1) is 0 Å². The molecule has 0 heterocycles. The molecule has 20 heavy (non-hydrogen) atoms. The summed E-state index contributed by atoms with van der Waals surface area (Å²) < 4.78 is 5.24. The van der Waals surface area contributed by atoms with E-state index in [-0.39, 0.29) is 12.1 Å². The fourth-order valence-electron chi connectivity index (χ4n) is 1.96. The molecule has 112 valence electrons. The summed E-state index contributed by atoms with van der Waals surface area (Å²) >= 11 is 0. The molecule has 0 aromatic heterocycles. The molecule has 1 N–H and O–H groups in total. The minimum absolute atomic E-state index is 0.0694. The van der Waals surface area contributed by atoms with E-state index in [0.29, 0.717) is 13.1 Å². The normalized spacial score (nSPS) is 12.0. The van der Waals surface area contributed by atoms with Crippen molar-refractivity contribution in [2.75, 3.05) is 20.7 Å². The third-order valence-corrected chi connectivity index (χ3v) is 3.47. The second-order valence-corrected chi connectivity index (χ2v) is 4.98. The van der Waals surface area contributed by atoms with Gasteiger partial charge in [-0.25, -0.2) is 4.79 Å². The minimum atomic E-state index is -0.0694. The Morgan fingerprint density at radius 1 is 1.25 bits per heavy atom. The number of nitrogens with one attached hydrogen (secondary N) is 1. The maximum Gasteiger partial charge on any atom is 0.317 e. The van der Waals surface area contributed by atoms with E-state index in [4.69, 9.17) is 4.74 Å². The summed E-state index contributed by atoms with van der Waals surface area (Å²) in [4.78, 5) is 13.6. The Kier molecular flexibility index (Phi) is 7.09. The number of rotatable bonds is 7. The van der Waals surface area contributed by atoms with Crippen molar-refractivity contribution in [1.82, 2.24) is 10.2 Å². The van der Waals surface area contributed by atoms with Gasteiger partial charge in [-0.05, 0) is 24.0 Å². The van der Waals surface area contributed by atoms with Crippen LogP contribution in [0.4, 0.5) is 4.79 Å². The van der Waals surface area contributed by atoms with Gasteiger partial charge in [-0.3, -0.25) is 0 Å². The number of methoxy groups -OCH3 is 1. The average Bonchev–Trinajstić information content (AvgIpc) is 2.48. The van der Waals surface area contributed by atoms with E-state index in [1.54, 1.807) is 19.1 Å². The number of carbonyl (C=O) groups is 1. The summed E-state index contributed by atoms with van der Waals surface area (Å²) in [7, 11) is 3.47. The molecule has 4 nitrogen and oxygen atoms in total. The molecule has 1 aromatic rings. The van der Waals surface area contributed by atoms with Crippen LogP contribution >= 0.6 is 0 Å². The predicted molar refractivity (Wildman–Crippen MR) is 81.8 cm³/mol. The first kappa shape index (κ1) is 16.5. The average molecular weight is 278 g/mol. The monoisotopic (exact) mass is 278 g/mol. The fourth-order valence-corrected chi connectivity index (χ4v) is 1.96. The van der Waals surface area contributed by atoms with Crippen molar-refractivity contribution in [3.63, 3.8) is 0 Å². The van der Waals surface area contributed by atoms with Crippen LogP contribution in [0.25, 0.3) is 0 Å². The molecule has 0 aliphatic carbocycles. The molecule has 0 unspecified atom stereocenters. The highest BCUT2D eigenvalue weighted by molar-refractivity contribution is 5.73. The third-order valence-electron chi connectivity index (χ3n) is 3.47. The Morgan fingerprint density at radius 2 is 1.85 bits per heavy atom. The first-order chi connectivity index (χ1) is 9.60. The second-order valence-electron chi connectivity index (χ2n) is 4.98. The Balaban J connectivity index is 2.44. The van der Waals surface area contributed by atoms with Crippen molar-refractivity contribution < 1.29 is 9.53 Å². The lowest BCUT2D eigenvalue weighted by atomic mass is 10.1. The molecular weight excluding hydrogens is 252 g/mol. The molecule has 0 aliphatic rings. The number of ether oxygens (including phenoxy) is 1. The number of hydrogen-bond acceptors (Lipinski definition) is 2. The maximum absolute atomic E-state index is 12.0. The quantitative estimate of drug-likeness (QED) is 0.833. The summed E-state index contributed by atoms with van der Waals surface area (Å²) in [6.07, 6.45) is 2.00. The number of carbonyl (C=O) groups excluding carboxylic acids is 1. The summed E-state index contributed by atoms with van der Waals surface area (Å²) in [6.45, 7) is 5.33. The fraction of sp³-hybridized carbons (Fsp3) is 0.562. The number of amides is 2.